The van der Waals surface area contributed by atoms with Crippen molar-refractivity contribution in [2.75, 3.05) is 0 Å². The predicted octanol–water partition coefficient (Wildman–Crippen LogP) is 9.43. The third kappa shape index (κ3) is 10.7. The van der Waals surface area contributed by atoms with Gasteiger partial charge in [0.25, 0.3) is 0 Å². The maximum atomic E-state index is 9.87. The monoisotopic (exact) mass is 532 g/mol. The molecule has 0 heterocycles. The van der Waals surface area contributed by atoms with Crippen molar-refractivity contribution in [3.8, 4) is 11.5 Å². The maximum Gasteiger partial charge on any atom is 0.724 e. The van der Waals surface area contributed by atoms with Crippen molar-refractivity contribution in [2.45, 2.75) is 10.6 Å². The second kappa shape index (κ2) is 9.79. The van der Waals surface area contributed by atoms with Gasteiger partial charge in [-0.2, -0.15) is 0 Å². The number of carbonyl (C=O) groups excluding carboxylic acids is 1. The number of thioether (sulfide) groups is 1. The number of ether oxygens (including phenoxy) is 2. The summed E-state index contributed by atoms with van der Waals surface area (Å²) >= 11 is 1.76. The van der Waals surface area contributed by atoms with Crippen molar-refractivity contribution in [1.29, 1.82) is 0 Å². The van der Waals surface area contributed by atoms with Crippen LogP contribution in [0.1, 0.15) is 5.56 Å². The molecule has 0 radical (unpaired) electrons. The zero-order valence-corrected chi connectivity index (χ0v) is 19.5. The Labute approximate surface area is 200 Å². The number of rotatable bonds is 5. The van der Waals surface area contributed by atoms with Gasteiger partial charge in [-0.15, -0.1) is 11.8 Å². The van der Waals surface area contributed by atoms with Gasteiger partial charge < -0.3 is 4.79 Å². The van der Waals surface area contributed by atoms with Crippen LogP contribution in [-0.2, 0) is 5.75 Å². The van der Waals surface area contributed by atoms with Crippen LogP contribution in [0.15, 0.2) is 102 Å². The number of hydrogen-bond acceptors (Lipinski definition) is 3. The topological polar surface area (TPSA) is 39.9 Å². The van der Waals surface area contributed by atoms with E-state index in [0.717, 1.165) is 10.6 Å². The summed E-state index contributed by atoms with van der Waals surface area (Å²) in [5.41, 5.74) is 1.31. The second-order valence-electron chi connectivity index (χ2n) is 7.14. The minimum Gasteiger partial charge on any atom is -0.336 e. The SMILES string of the molecule is F[P-](F)(F)(F)(F)F.[OH+]=C(Oc1ccccc1)Oc1ccc(SCc2cccc3ccccc23)cc1. The van der Waals surface area contributed by atoms with Gasteiger partial charge in [-0.1, -0.05) is 60.7 Å². The van der Waals surface area contributed by atoms with Gasteiger partial charge in [-0.3, -0.25) is 9.47 Å². The molecule has 0 unspecified atom stereocenters. The van der Waals surface area contributed by atoms with Gasteiger partial charge in [-0.25, -0.2) is 0 Å². The first kappa shape index (κ1) is 26.4. The molecule has 4 rings (SSSR count). The molecule has 0 fully saturated rings. The van der Waals surface area contributed by atoms with Crippen LogP contribution in [0.25, 0.3) is 10.8 Å². The van der Waals surface area contributed by atoms with Crippen LogP contribution in [0, 0.1) is 0 Å². The normalized spacial score (nSPS) is 13.1. The Morgan fingerprint density at radius 2 is 1.17 bits per heavy atom. The van der Waals surface area contributed by atoms with E-state index < -0.39 is 14.0 Å². The number of para-hydroxylation sites is 1. The summed E-state index contributed by atoms with van der Waals surface area (Å²) in [6.45, 7) is 0. The molecule has 0 spiro atoms. The summed E-state index contributed by atoms with van der Waals surface area (Å²) in [4.78, 5) is 11.0. The number of fused-ring (bicyclic) bond motifs is 1. The molecule has 0 aromatic heterocycles. The molecule has 0 saturated heterocycles. The molecule has 0 bridgehead atoms. The van der Waals surface area contributed by atoms with Crippen LogP contribution in [0.4, 0.5) is 25.2 Å². The minimum absolute atomic E-state index is 0.498. The molecule has 0 amide bonds. The first-order chi connectivity index (χ1) is 16.2. The fourth-order valence-corrected chi connectivity index (χ4v) is 3.80. The molecule has 11 heteroatoms. The molecule has 0 saturated carbocycles. The zero-order chi connectivity index (χ0) is 25.6. The van der Waals surface area contributed by atoms with Gasteiger partial charge in [0, 0.05) is 34.9 Å². The summed E-state index contributed by atoms with van der Waals surface area (Å²) < 4.78 is 69.8. The van der Waals surface area contributed by atoms with E-state index in [1.54, 1.807) is 23.9 Å². The summed E-state index contributed by atoms with van der Waals surface area (Å²) in [6.07, 6.45) is -0.498. The van der Waals surface area contributed by atoms with E-state index in [1.165, 1.54) is 16.3 Å². The Morgan fingerprint density at radius 3 is 1.80 bits per heavy atom. The van der Waals surface area contributed by atoms with Gasteiger partial charge >= 0.3 is 39.1 Å². The molecule has 4 aromatic carbocycles. The Kier molecular flexibility index (Phi) is 7.38. The first-order valence-electron chi connectivity index (χ1n) is 9.95. The van der Waals surface area contributed by atoms with E-state index in [0.29, 0.717) is 11.5 Å². The molecule has 1 N–H and O–H groups in total. The summed E-state index contributed by atoms with van der Waals surface area (Å²) in [5, 5.41) is 2.55. The second-order valence-corrected chi connectivity index (χ2v) is 10.1. The number of benzene rings is 4. The summed E-state index contributed by atoms with van der Waals surface area (Å²) in [5.74, 6) is 1.92. The Hall–Kier alpha value is -3.23. The first-order valence-corrected chi connectivity index (χ1v) is 13.0. The van der Waals surface area contributed by atoms with E-state index in [2.05, 4.69) is 42.5 Å². The molecular formula is C24H19F6O3PS. The minimum atomic E-state index is -10.7. The van der Waals surface area contributed by atoms with Gasteiger partial charge in [0.2, 0.25) is 11.5 Å². The average Bonchev–Trinajstić information content (AvgIpc) is 2.77. The average molecular weight is 532 g/mol. The van der Waals surface area contributed by atoms with E-state index >= 15 is 0 Å². The van der Waals surface area contributed by atoms with Crippen LogP contribution in [0.5, 0.6) is 11.5 Å². The molecule has 0 aliphatic carbocycles. The van der Waals surface area contributed by atoms with E-state index in [1.807, 2.05) is 42.5 Å². The zero-order valence-electron chi connectivity index (χ0n) is 17.8. The van der Waals surface area contributed by atoms with E-state index in [9.17, 15) is 30.0 Å². The Balaban J connectivity index is 0.000000429. The van der Waals surface area contributed by atoms with E-state index in [-0.39, 0.29) is 0 Å². The van der Waals surface area contributed by atoms with Crippen molar-refractivity contribution < 1.29 is 39.4 Å². The van der Waals surface area contributed by atoms with Gasteiger partial charge in [0.05, 0.1) is 0 Å². The van der Waals surface area contributed by atoms with Gasteiger partial charge in [0.1, 0.15) is 0 Å². The van der Waals surface area contributed by atoms with Crippen LogP contribution >= 0.6 is 19.6 Å². The smallest absolute Gasteiger partial charge is 0.336 e. The van der Waals surface area contributed by atoms with Crippen molar-refractivity contribution in [2.24, 2.45) is 0 Å². The largest absolute Gasteiger partial charge is 0.724 e. The molecule has 0 aliphatic rings. The van der Waals surface area contributed by atoms with Crippen molar-refractivity contribution in [1.82, 2.24) is 0 Å². The van der Waals surface area contributed by atoms with E-state index in [4.69, 9.17) is 9.47 Å². The summed E-state index contributed by atoms with van der Waals surface area (Å²) in [6, 6.07) is 31.4. The number of hydrogen-bond donors (Lipinski definition) is 0. The van der Waals surface area contributed by atoms with Crippen molar-refractivity contribution >= 4 is 36.5 Å². The van der Waals surface area contributed by atoms with Crippen molar-refractivity contribution in [3.63, 3.8) is 0 Å². The molecule has 3 nitrogen and oxygen atoms in total. The molecule has 4 aromatic rings. The Bertz CT molecular complexity index is 1280. The third-order valence-electron chi connectivity index (χ3n) is 4.25. The van der Waals surface area contributed by atoms with Crippen LogP contribution in [0.2, 0.25) is 0 Å². The number of halogens is 6. The molecule has 35 heavy (non-hydrogen) atoms. The predicted molar refractivity (Wildman–Crippen MR) is 128 cm³/mol. The third-order valence-corrected chi connectivity index (χ3v) is 5.31. The quantitative estimate of drug-likeness (QED) is 0.0642. The van der Waals surface area contributed by atoms with Crippen molar-refractivity contribution in [3.05, 3.63) is 103 Å². The Morgan fingerprint density at radius 1 is 0.657 bits per heavy atom. The maximum absolute atomic E-state index is 10.7. The molecular weight excluding hydrogens is 513 g/mol. The fourth-order valence-electron chi connectivity index (χ4n) is 2.89. The van der Waals surface area contributed by atoms with Gasteiger partial charge in [-0.05, 0) is 28.5 Å². The van der Waals surface area contributed by atoms with Crippen LogP contribution in [0.3, 0.4) is 0 Å². The van der Waals surface area contributed by atoms with Crippen LogP contribution in [-0.4, -0.2) is 10.9 Å². The van der Waals surface area contributed by atoms with Crippen LogP contribution < -0.4 is 9.47 Å². The molecule has 186 valence electrons. The standard InChI is InChI=1S/C24H18O3S.F6P/c25-24(26-20-10-2-1-3-11-20)27-21-13-15-22(16-14-21)28-17-19-9-6-8-18-7-4-5-12-23(18)19;1-7(2,3,4,5)6/h1-16H,17H2;/q;-1/p+1. The van der Waals surface area contributed by atoms with Gasteiger partial charge in [0.15, 0.2) is 0 Å². The molecule has 0 aliphatic heterocycles. The summed E-state index contributed by atoms with van der Waals surface area (Å²) in [7, 11) is -10.7. The molecule has 0 atom stereocenters. The fraction of sp³-hybridized carbons (Fsp3) is 0.0417.